The van der Waals surface area contributed by atoms with Crippen molar-refractivity contribution in [2.75, 3.05) is 45.9 Å². The van der Waals surface area contributed by atoms with E-state index in [4.69, 9.17) is 9.73 Å². The molecule has 2 heterocycles. The average Bonchev–Trinajstić information content (AvgIpc) is 3.49. The van der Waals surface area contributed by atoms with E-state index in [2.05, 4.69) is 56.1 Å². The molecule has 0 spiro atoms. The summed E-state index contributed by atoms with van der Waals surface area (Å²) in [6.07, 6.45) is 3.64. The van der Waals surface area contributed by atoms with E-state index in [1.807, 2.05) is 18.5 Å². The molecular formula is C23H36IN7O. The first-order valence-electron chi connectivity index (χ1n) is 11.3. The lowest BCUT2D eigenvalue weighted by Crippen LogP contribution is -2.45. The standard InChI is InChI=1S/C23H35N7O.HI/c1-19-27-28-21(29(19)2)17-25-22(24-10-11-30-12-14-31-15-13-30)26-18-23(8-9-23)16-20-6-4-3-5-7-20;/h3-7H,8-18H2,1-2H3,(H2,24,25,26);1H. The van der Waals surface area contributed by atoms with Crippen LogP contribution in [-0.4, -0.2) is 71.6 Å². The third kappa shape index (κ3) is 7.14. The van der Waals surface area contributed by atoms with Crippen molar-refractivity contribution in [1.29, 1.82) is 0 Å². The second kappa shape index (κ2) is 11.9. The second-order valence-corrected chi connectivity index (χ2v) is 8.78. The summed E-state index contributed by atoms with van der Waals surface area (Å²) in [6, 6.07) is 10.8. The quantitative estimate of drug-likeness (QED) is 0.282. The third-order valence-electron chi connectivity index (χ3n) is 6.40. The Hall–Kier alpha value is -1.72. The maximum absolute atomic E-state index is 5.45. The normalized spacial score (nSPS) is 18.1. The summed E-state index contributed by atoms with van der Waals surface area (Å²) in [5, 5.41) is 15.5. The second-order valence-electron chi connectivity index (χ2n) is 8.78. The van der Waals surface area contributed by atoms with Crippen LogP contribution in [-0.2, 0) is 24.8 Å². The third-order valence-corrected chi connectivity index (χ3v) is 6.40. The Kier molecular flexibility index (Phi) is 9.30. The highest BCUT2D eigenvalue weighted by molar-refractivity contribution is 14.0. The fourth-order valence-corrected chi connectivity index (χ4v) is 3.96. The lowest BCUT2D eigenvalue weighted by Gasteiger charge is -2.27. The zero-order valence-electron chi connectivity index (χ0n) is 19.2. The van der Waals surface area contributed by atoms with Gasteiger partial charge in [0.25, 0.3) is 0 Å². The topological polar surface area (TPSA) is 79.6 Å². The van der Waals surface area contributed by atoms with Gasteiger partial charge in [0, 0.05) is 39.8 Å². The summed E-state index contributed by atoms with van der Waals surface area (Å²) in [6.45, 7) is 8.90. The van der Waals surface area contributed by atoms with Gasteiger partial charge in [0.2, 0.25) is 0 Å². The average molecular weight is 553 g/mol. The van der Waals surface area contributed by atoms with E-state index in [1.54, 1.807) is 0 Å². The number of nitrogens with zero attached hydrogens (tertiary/aromatic N) is 5. The van der Waals surface area contributed by atoms with Gasteiger partial charge in [-0.3, -0.25) is 4.90 Å². The predicted octanol–water partition coefficient (Wildman–Crippen LogP) is 2.13. The Bertz CT molecular complexity index is 860. The monoisotopic (exact) mass is 553 g/mol. The van der Waals surface area contributed by atoms with Crippen molar-refractivity contribution in [2.45, 2.75) is 32.7 Å². The number of aliphatic imine (C=N–C) groups is 1. The van der Waals surface area contributed by atoms with Gasteiger partial charge in [-0.05, 0) is 37.2 Å². The zero-order chi connectivity index (χ0) is 21.5. The van der Waals surface area contributed by atoms with Crippen LogP contribution < -0.4 is 10.6 Å². The van der Waals surface area contributed by atoms with E-state index in [1.165, 1.54) is 18.4 Å². The molecule has 2 N–H and O–H groups in total. The highest BCUT2D eigenvalue weighted by Crippen LogP contribution is 2.47. The molecule has 0 radical (unpaired) electrons. The van der Waals surface area contributed by atoms with Crippen molar-refractivity contribution < 1.29 is 4.74 Å². The van der Waals surface area contributed by atoms with Crippen molar-refractivity contribution in [1.82, 2.24) is 30.3 Å². The van der Waals surface area contributed by atoms with Gasteiger partial charge in [0.1, 0.15) is 12.4 Å². The minimum absolute atomic E-state index is 0. The molecule has 8 nitrogen and oxygen atoms in total. The van der Waals surface area contributed by atoms with Crippen LogP contribution in [0.4, 0.5) is 0 Å². The minimum atomic E-state index is 0. The van der Waals surface area contributed by atoms with E-state index < -0.39 is 0 Å². The number of ether oxygens (including phenoxy) is 1. The number of guanidine groups is 1. The molecule has 0 unspecified atom stereocenters. The Labute approximate surface area is 208 Å². The number of benzene rings is 1. The van der Waals surface area contributed by atoms with Crippen LogP contribution in [0.25, 0.3) is 0 Å². The molecule has 1 saturated carbocycles. The highest BCUT2D eigenvalue weighted by Gasteiger charge is 2.42. The van der Waals surface area contributed by atoms with E-state index >= 15 is 0 Å². The first-order chi connectivity index (χ1) is 15.1. The molecule has 2 aromatic rings. The molecule has 0 atom stereocenters. The molecule has 176 valence electrons. The maximum Gasteiger partial charge on any atom is 0.191 e. The molecule has 2 aliphatic rings. The van der Waals surface area contributed by atoms with E-state index in [9.17, 15) is 0 Å². The van der Waals surface area contributed by atoms with Crippen LogP contribution in [0.15, 0.2) is 35.3 Å². The van der Waals surface area contributed by atoms with Gasteiger partial charge in [-0.25, -0.2) is 4.99 Å². The van der Waals surface area contributed by atoms with Crippen molar-refractivity contribution in [2.24, 2.45) is 17.5 Å². The highest BCUT2D eigenvalue weighted by atomic mass is 127. The number of hydrogen-bond donors (Lipinski definition) is 2. The Morgan fingerprint density at radius 1 is 1.12 bits per heavy atom. The van der Waals surface area contributed by atoms with Crippen molar-refractivity contribution in [3.05, 3.63) is 47.5 Å². The van der Waals surface area contributed by atoms with Crippen LogP contribution in [0.5, 0.6) is 0 Å². The summed E-state index contributed by atoms with van der Waals surface area (Å²) in [7, 11) is 1.98. The molecular weight excluding hydrogens is 517 g/mol. The summed E-state index contributed by atoms with van der Waals surface area (Å²) in [5.74, 6) is 2.63. The SMILES string of the molecule is Cc1nnc(CN=C(NCCN2CCOCC2)NCC2(Cc3ccccc3)CC2)n1C.I. The maximum atomic E-state index is 5.45. The Balaban J connectivity index is 0.00000289. The van der Waals surface area contributed by atoms with Crippen LogP contribution in [0.1, 0.15) is 30.1 Å². The fraction of sp³-hybridized carbons (Fsp3) is 0.609. The lowest BCUT2D eigenvalue weighted by atomic mass is 9.96. The van der Waals surface area contributed by atoms with Gasteiger partial charge in [-0.1, -0.05) is 30.3 Å². The predicted molar refractivity (Wildman–Crippen MR) is 137 cm³/mol. The Morgan fingerprint density at radius 3 is 2.53 bits per heavy atom. The number of halogens is 1. The number of nitrogens with one attached hydrogen (secondary N) is 2. The van der Waals surface area contributed by atoms with Gasteiger partial charge < -0.3 is 19.9 Å². The van der Waals surface area contributed by atoms with Crippen LogP contribution >= 0.6 is 24.0 Å². The summed E-state index contributed by atoms with van der Waals surface area (Å²) >= 11 is 0. The summed E-state index contributed by atoms with van der Waals surface area (Å²) in [4.78, 5) is 7.25. The molecule has 9 heteroatoms. The number of rotatable bonds is 9. The molecule has 2 fully saturated rings. The van der Waals surface area contributed by atoms with Gasteiger partial charge in [0.05, 0.1) is 13.2 Å². The van der Waals surface area contributed by atoms with Crippen molar-refractivity contribution in [3.63, 3.8) is 0 Å². The molecule has 0 amide bonds. The largest absolute Gasteiger partial charge is 0.379 e. The molecule has 1 aliphatic carbocycles. The number of hydrogen-bond acceptors (Lipinski definition) is 5. The molecule has 1 aromatic heterocycles. The van der Waals surface area contributed by atoms with E-state index in [-0.39, 0.29) is 24.0 Å². The number of aromatic nitrogens is 3. The van der Waals surface area contributed by atoms with Crippen molar-refractivity contribution in [3.8, 4) is 0 Å². The van der Waals surface area contributed by atoms with Gasteiger partial charge in [-0.15, -0.1) is 34.2 Å². The minimum Gasteiger partial charge on any atom is -0.379 e. The van der Waals surface area contributed by atoms with E-state index in [0.717, 1.165) is 70.0 Å². The summed E-state index contributed by atoms with van der Waals surface area (Å²) in [5.41, 5.74) is 1.75. The molecule has 32 heavy (non-hydrogen) atoms. The van der Waals surface area contributed by atoms with Gasteiger partial charge in [-0.2, -0.15) is 0 Å². The zero-order valence-corrected chi connectivity index (χ0v) is 21.5. The molecule has 4 rings (SSSR count). The fourth-order valence-electron chi connectivity index (χ4n) is 3.96. The number of morpholine rings is 1. The van der Waals surface area contributed by atoms with E-state index in [0.29, 0.717) is 12.0 Å². The molecule has 1 aliphatic heterocycles. The first-order valence-corrected chi connectivity index (χ1v) is 11.3. The lowest BCUT2D eigenvalue weighted by molar-refractivity contribution is 0.0389. The smallest absolute Gasteiger partial charge is 0.191 e. The van der Waals surface area contributed by atoms with Crippen LogP contribution in [0.2, 0.25) is 0 Å². The van der Waals surface area contributed by atoms with Gasteiger partial charge >= 0.3 is 0 Å². The molecule has 0 bridgehead atoms. The summed E-state index contributed by atoms with van der Waals surface area (Å²) < 4.78 is 7.44. The van der Waals surface area contributed by atoms with Crippen LogP contribution in [0.3, 0.4) is 0 Å². The first kappa shape index (κ1) is 24.9. The molecule has 1 saturated heterocycles. The van der Waals surface area contributed by atoms with Crippen LogP contribution in [0, 0.1) is 12.3 Å². The Morgan fingerprint density at radius 2 is 1.88 bits per heavy atom. The van der Waals surface area contributed by atoms with Crippen molar-refractivity contribution >= 4 is 29.9 Å². The number of aryl methyl sites for hydroxylation is 1. The van der Waals surface area contributed by atoms with Gasteiger partial charge in [0.15, 0.2) is 11.8 Å². The molecule has 1 aromatic carbocycles.